The zero-order valence-corrected chi connectivity index (χ0v) is 10.7. The third-order valence-corrected chi connectivity index (χ3v) is 2.49. The molecule has 0 aliphatic rings. The van der Waals surface area contributed by atoms with Crippen molar-refractivity contribution in [2.75, 3.05) is 0 Å². The fourth-order valence-corrected chi connectivity index (χ4v) is 1.52. The second kappa shape index (κ2) is 5.27. The third-order valence-electron chi connectivity index (χ3n) is 2.49. The summed E-state index contributed by atoms with van der Waals surface area (Å²) in [5.41, 5.74) is 1.20. The topological polar surface area (TPSA) is 51.0 Å². The summed E-state index contributed by atoms with van der Waals surface area (Å²) in [6.07, 6.45) is 0. The molecule has 2 rings (SSSR count). The molecule has 0 unspecified atom stereocenters. The fourth-order valence-electron chi connectivity index (χ4n) is 1.52. The van der Waals surface area contributed by atoms with E-state index in [0.717, 1.165) is 5.56 Å². The molecule has 0 amide bonds. The lowest BCUT2D eigenvalue weighted by molar-refractivity contribution is 0.415. The minimum absolute atomic E-state index is 0.216. The molecule has 0 radical (unpaired) electrons. The molecule has 0 aliphatic heterocycles. The van der Waals surface area contributed by atoms with E-state index in [1.165, 1.54) is 6.07 Å². The van der Waals surface area contributed by atoms with Gasteiger partial charge in [-0.25, -0.2) is 4.39 Å². The van der Waals surface area contributed by atoms with Crippen molar-refractivity contribution in [2.45, 2.75) is 33.4 Å². The Bertz CT molecular complexity index is 537. The molecule has 0 aliphatic carbocycles. The van der Waals surface area contributed by atoms with Gasteiger partial charge in [-0.3, -0.25) is 0 Å². The van der Waals surface area contributed by atoms with Crippen molar-refractivity contribution in [3.63, 3.8) is 0 Å². The van der Waals surface area contributed by atoms with E-state index in [9.17, 15) is 4.39 Å². The summed E-state index contributed by atoms with van der Waals surface area (Å²) in [6, 6.07) is 5.25. The summed E-state index contributed by atoms with van der Waals surface area (Å²) in [4.78, 5) is 4.16. The maximum atomic E-state index is 13.7. The highest BCUT2D eigenvalue weighted by Crippen LogP contribution is 2.21. The van der Waals surface area contributed by atoms with Gasteiger partial charge < -0.3 is 9.84 Å². The molecular formula is C13H16FN3O. The fraction of sp³-hybridized carbons (Fsp3) is 0.385. The van der Waals surface area contributed by atoms with Gasteiger partial charge in [-0.1, -0.05) is 25.1 Å². The number of nitrogens with one attached hydrogen (secondary N) is 1. The summed E-state index contributed by atoms with van der Waals surface area (Å²) in [6.45, 7) is 6.40. The first-order valence-corrected chi connectivity index (χ1v) is 5.89. The second-order valence-corrected chi connectivity index (χ2v) is 4.53. The van der Waals surface area contributed by atoms with Crippen LogP contribution in [0.2, 0.25) is 0 Å². The molecule has 1 aromatic heterocycles. The van der Waals surface area contributed by atoms with Crippen LogP contribution in [-0.2, 0) is 6.54 Å². The highest BCUT2D eigenvalue weighted by molar-refractivity contribution is 5.54. The number of nitrogens with zero attached hydrogens (tertiary/aromatic N) is 2. The number of hydrogen-bond donors (Lipinski definition) is 1. The molecule has 2 aromatic rings. The highest BCUT2D eigenvalue weighted by atomic mass is 19.1. The SMILES string of the molecule is Cc1ccc(-c2nc(CNC(C)C)no2)c(F)c1. The first-order valence-electron chi connectivity index (χ1n) is 5.89. The van der Waals surface area contributed by atoms with Gasteiger partial charge in [0.05, 0.1) is 12.1 Å². The van der Waals surface area contributed by atoms with E-state index in [2.05, 4.69) is 15.5 Å². The quantitative estimate of drug-likeness (QED) is 0.905. The van der Waals surface area contributed by atoms with Crippen LogP contribution in [0.4, 0.5) is 4.39 Å². The number of aromatic nitrogens is 2. The molecule has 1 heterocycles. The minimum Gasteiger partial charge on any atom is -0.334 e. The molecule has 96 valence electrons. The normalized spacial score (nSPS) is 11.2. The van der Waals surface area contributed by atoms with Gasteiger partial charge in [-0.05, 0) is 24.6 Å². The Balaban J connectivity index is 2.18. The smallest absolute Gasteiger partial charge is 0.260 e. The number of rotatable bonds is 4. The van der Waals surface area contributed by atoms with Crippen LogP contribution in [0.3, 0.4) is 0 Å². The van der Waals surface area contributed by atoms with Crippen LogP contribution < -0.4 is 5.32 Å². The maximum Gasteiger partial charge on any atom is 0.260 e. The van der Waals surface area contributed by atoms with Gasteiger partial charge in [0.1, 0.15) is 5.82 Å². The summed E-state index contributed by atoms with van der Waals surface area (Å²) < 4.78 is 18.8. The Morgan fingerprint density at radius 3 is 2.83 bits per heavy atom. The van der Waals surface area contributed by atoms with Crippen molar-refractivity contribution in [1.29, 1.82) is 0 Å². The molecule has 0 bridgehead atoms. The van der Waals surface area contributed by atoms with E-state index in [4.69, 9.17) is 4.52 Å². The van der Waals surface area contributed by atoms with E-state index >= 15 is 0 Å². The van der Waals surface area contributed by atoms with Gasteiger partial charge in [0, 0.05) is 6.04 Å². The predicted octanol–water partition coefficient (Wildman–Crippen LogP) is 2.68. The molecule has 0 spiro atoms. The number of halogens is 1. The first kappa shape index (κ1) is 12.7. The van der Waals surface area contributed by atoms with Gasteiger partial charge in [-0.15, -0.1) is 0 Å². The van der Waals surface area contributed by atoms with Crippen molar-refractivity contribution < 1.29 is 8.91 Å². The van der Waals surface area contributed by atoms with Crippen molar-refractivity contribution in [1.82, 2.24) is 15.5 Å². The Labute approximate surface area is 105 Å². The van der Waals surface area contributed by atoms with Crippen LogP contribution in [0.1, 0.15) is 25.2 Å². The lowest BCUT2D eigenvalue weighted by atomic mass is 10.1. The molecule has 0 atom stereocenters. The van der Waals surface area contributed by atoms with Crippen molar-refractivity contribution >= 4 is 0 Å². The second-order valence-electron chi connectivity index (χ2n) is 4.53. The van der Waals surface area contributed by atoms with E-state index < -0.39 is 0 Å². The van der Waals surface area contributed by atoms with E-state index in [1.54, 1.807) is 6.07 Å². The average Bonchev–Trinajstić information content (AvgIpc) is 2.75. The largest absolute Gasteiger partial charge is 0.334 e. The summed E-state index contributed by atoms with van der Waals surface area (Å²) in [5.74, 6) is 0.397. The van der Waals surface area contributed by atoms with E-state index in [-0.39, 0.29) is 11.7 Å². The van der Waals surface area contributed by atoms with Crippen LogP contribution in [0.25, 0.3) is 11.5 Å². The van der Waals surface area contributed by atoms with Crippen molar-refractivity contribution in [3.8, 4) is 11.5 Å². The van der Waals surface area contributed by atoms with Crippen LogP contribution in [-0.4, -0.2) is 16.2 Å². The van der Waals surface area contributed by atoms with Crippen LogP contribution in [0.15, 0.2) is 22.7 Å². The Kier molecular flexibility index (Phi) is 3.72. The molecule has 0 fully saturated rings. The molecule has 1 aromatic carbocycles. The molecular weight excluding hydrogens is 233 g/mol. The lowest BCUT2D eigenvalue weighted by Gasteiger charge is -2.03. The standard InChI is InChI=1S/C13H16FN3O/c1-8(2)15-7-12-16-13(18-17-12)10-5-4-9(3)6-11(10)14/h4-6,8,15H,7H2,1-3H3. The average molecular weight is 249 g/mol. The van der Waals surface area contributed by atoms with Gasteiger partial charge >= 0.3 is 0 Å². The molecule has 0 saturated heterocycles. The molecule has 18 heavy (non-hydrogen) atoms. The van der Waals surface area contributed by atoms with E-state index in [0.29, 0.717) is 24.0 Å². The van der Waals surface area contributed by atoms with Gasteiger partial charge in [-0.2, -0.15) is 4.98 Å². The number of benzene rings is 1. The minimum atomic E-state index is -0.345. The summed E-state index contributed by atoms with van der Waals surface area (Å²) in [7, 11) is 0. The van der Waals surface area contributed by atoms with Gasteiger partial charge in [0.2, 0.25) is 0 Å². The predicted molar refractivity (Wildman–Crippen MR) is 66.4 cm³/mol. The highest BCUT2D eigenvalue weighted by Gasteiger charge is 2.13. The van der Waals surface area contributed by atoms with Crippen LogP contribution in [0, 0.1) is 12.7 Å². The van der Waals surface area contributed by atoms with Crippen LogP contribution >= 0.6 is 0 Å². The molecule has 5 heteroatoms. The molecule has 4 nitrogen and oxygen atoms in total. The lowest BCUT2D eigenvalue weighted by Crippen LogP contribution is -2.22. The zero-order chi connectivity index (χ0) is 13.1. The Morgan fingerprint density at radius 2 is 2.17 bits per heavy atom. The molecule has 0 saturated carbocycles. The Hall–Kier alpha value is -1.75. The molecule has 1 N–H and O–H groups in total. The zero-order valence-electron chi connectivity index (χ0n) is 10.7. The Morgan fingerprint density at radius 1 is 1.39 bits per heavy atom. The summed E-state index contributed by atoms with van der Waals surface area (Å²) in [5, 5.41) is 6.98. The summed E-state index contributed by atoms with van der Waals surface area (Å²) >= 11 is 0. The van der Waals surface area contributed by atoms with E-state index in [1.807, 2.05) is 26.8 Å². The van der Waals surface area contributed by atoms with Crippen LogP contribution in [0.5, 0.6) is 0 Å². The van der Waals surface area contributed by atoms with Crippen molar-refractivity contribution in [2.24, 2.45) is 0 Å². The third kappa shape index (κ3) is 2.92. The monoisotopic (exact) mass is 249 g/mol. The first-order chi connectivity index (χ1) is 8.56. The number of aryl methyl sites for hydroxylation is 1. The van der Waals surface area contributed by atoms with Gasteiger partial charge in [0.25, 0.3) is 5.89 Å². The number of hydrogen-bond acceptors (Lipinski definition) is 4. The maximum absolute atomic E-state index is 13.7. The van der Waals surface area contributed by atoms with Crippen molar-refractivity contribution in [3.05, 3.63) is 35.4 Å². The van der Waals surface area contributed by atoms with Gasteiger partial charge in [0.15, 0.2) is 5.82 Å².